The molecule has 0 aromatic heterocycles. The van der Waals surface area contributed by atoms with E-state index in [2.05, 4.69) is 0 Å². The molecule has 4 heteroatoms. The lowest BCUT2D eigenvalue weighted by molar-refractivity contribution is -0.159. The van der Waals surface area contributed by atoms with E-state index in [1.807, 2.05) is 30.3 Å². The molecule has 0 bridgehead atoms. The minimum absolute atomic E-state index is 0.189. The van der Waals surface area contributed by atoms with E-state index in [4.69, 9.17) is 9.84 Å². The molecule has 0 saturated carbocycles. The van der Waals surface area contributed by atoms with Gasteiger partial charge in [-0.1, -0.05) is 37.3 Å². The van der Waals surface area contributed by atoms with Crippen LogP contribution in [0.15, 0.2) is 30.3 Å². The normalized spacial score (nSPS) is 14.4. The van der Waals surface area contributed by atoms with Crippen LogP contribution in [0.4, 0.5) is 0 Å². The van der Waals surface area contributed by atoms with Crippen molar-refractivity contribution in [2.24, 2.45) is 0 Å². The molecule has 2 atom stereocenters. The Morgan fingerprint density at radius 3 is 2.50 bits per heavy atom. The fourth-order valence-corrected chi connectivity index (χ4v) is 1.32. The van der Waals surface area contributed by atoms with E-state index in [0.29, 0.717) is 6.42 Å². The summed E-state index contributed by atoms with van der Waals surface area (Å²) in [6.45, 7) is 1.90. The van der Waals surface area contributed by atoms with Crippen LogP contribution in [-0.4, -0.2) is 28.4 Å². The average molecular weight is 224 g/mol. The van der Waals surface area contributed by atoms with Crippen molar-refractivity contribution in [2.75, 3.05) is 0 Å². The van der Waals surface area contributed by atoms with E-state index in [1.54, 1.807) is 6.92 Å². The number of aliphatic hydroxyl groups excluding tert-OH is 1. The third-order valence-electron chi connectivity index (χ3n) is 2.28. The highest BCUT2D eigenvalue weighted by molar-refractivity contribution is 5.73. The van der Waals surface area contributed by atoms with Crippen molar-refractivity contribution in [3.05, 3.63) is 35.9 Å². The van der Waals surface area contributed by atoms with Crippen LogP contribution in [0.1, 0.15) is 18.9 Å². The summed E-state index contributed by atoms with van der Waals surface area (Å²) in [6, 6.07) is 9.27. The second kappa shape index (κ2) is 6.25. The Bertz CT molecular complexity index is 323. The van der Waals surface area contributed by atoms with Gasteiger partial charge < -0.3 is 14.9 Å². The van der Waals surface area contributed by atoms with Crippen molar-refractivity contribution in [3.8, 4) is 0 Å². The summed E-state index contributed by atoms with van der Waals surface area (Å²) >= 11 is 0. The number of rotatable bonds is 6. The van der Waals surface area contributed by atoms with Crippen molar-refractivity contribution >= 4 is 5.97 Å². The number of aliphatic carboxylic acids is 1. The fourth-order valence-electron chi connectivity index (χ4n) is 1.32. The number of aliphatic hydroxyl groups is 1. The number of carboxylic acid groups (broad SMARTS) is 1. The number of ether oxygens (including phenoxy) is 1. The summed E-state index contributed by atoms with van der Waals surface area (Å²) in [7, 11) is 0. The quantitative estimate of drug-likeness (QED) is 0.767. The molecule has 0 radical (unpaired) electrons. The number of carboxylic acids is 1. The maximum absolute atomic E-state index is 10.8. The van der Waals surface area contributed by atoms with Gasteiger partial charge in [-0.25, -0.2) is 4.79 Å². The molecule has 0 aliphatic carbocycles. The number of benzene rings is 1. The number of carbonyl (C=O) groups is 1. The van der Waals surface area contributed by atoms with E-state index in [-0.39, 0.29) is 6.61 Å². The van der Waals surface area contributed by atoms with E-state index < -0.39 is 18.2 Å². The molecule has 1 aromatic rings. The van der Waals surface area contributed by atoms with E-state index in [0.717, 1.165) is 5.56 Å². The summed E-state index contributed by atoms with van der Waals surface area (Å²) in [6.07, 6.45) is -1.78. The number of hydrogen-bond acceptors (Lipinski definition) is 3. The molecule has 1 rings (SSSR count). The Morgan fingerprint density at radius 1 is 1.38 bits per heavy atom. The molecule has 0 aliphatic rings. The van der Waals surface area contributed by atoms with Crippen LogP contribution >= 0.6 is 0 Å². The van der Waals surface area contributed by atoms with Crippen molar-refractivity contribution in [1.29, 1.82) is 0 Å². The Kier molecular flexibility index (Phi) is 4.95. The lowest BCUT2D eigenvalue weighted by Crippen LogP contribution is -2.35. The molecule has 0 spiro atoms. The van der Waals surface area contributed by atoms with E-state index >= 15 is 0 Å². The molecule has 16 heavy (non-hydrogen) atoms. The first-order chi connectivity index (χ1) is 7.65. The summed E-state index contributed by atoms with van der Waals surface area (Å²) < 4.78 is 5.19. The van der Waals surface area contributed by atoms with Crippen molar-refractivity contribution in [2.45, 2.75) is 32.2 Å². The third-order valence-corrected chi connectivity index (χ3v) is 2.28. The first-order valence-corrected chi connectivity index (χ1v) is 5.21. The highest BCUT2D eigenvalue weighted by Crippen LogP contribution is 2.08. The van der Waals surface area contributed by atoms with E-state index in [1.165, 1.54) is 0 Å². The van der Waals surface area contributed by atoms with Gasteiger partial charge in [0.1, 0.15) is 0 Å². The Balaban J connectivity index is 2.54. The van der Waals surface area contributed by atoms with Crippen LogP contribution in [0.3, 0.4) is 0 Å². The van der Waals surface area contributed by atoms with Crippen molar-refractivity contribution < 1.29 is 19.7 Å². The van der Waals surface area contributed by atoms with Crippen LogP contribution in [0.2, 0.25) is 0 Å². The molecule has 2 N–H and O–H groups in total. The Hall–Kier alpha value is -1.39. The predicted octanol–water partition coefficient (Wildman–Crippen LogP) is 1.43. The molecule has 1 aromatic carbocycles. The summed E-state index contributed by atoms with van der Waals surface area (Å²) in [5.74, 6) is -1.13. The second-order valence-corrected chi connectivity index (χ2v) is 3.53. The summed E-state index contributed by atoms with van der Waals surface area (Å²) in [4.78, 5) is 10.8. The highest BCUT2D eigenvalue weighted by Gasteiger charge is 2.25. The van der Waals surface area contributed by atoms with Crippen molar-refractivity contribution in [1.82, 2.24) is 0 Å². The van der Waals surface area contributed by atoms with Crippen LogP contribution in [-0.2, 0) is 16.1 Å². The minimum Gasteiger partial charge on any atom is -0.479 e. The minimum atomic E-state index is -1.16. The average Bonchev–Trinajstić information content (AvgIpc) is 2.30. The van der Waals surface area contributed by atoms with Crippen LogP contribution in [0, 0.1) is 0 Å². The second-order valence-electron chi connectivity index (χ2n) is 3.53. The summed E-state index contributed by atoms with van der Waals surface area (Å²) in [5.41, 5.74) is 0.886. The van der Waals surface area contributed by atoms with Crippen LogP contribution in [0.5, 0.6) is 0 Å². The maximum Gasteiger partial charge on any atom is 0.335 e. The van der Waals surface area contributed by atoms with Crippen molar-refractivity contribution in [3.63, 3.8) is 0 Å². The third kappa shape index (κ3) is 3.64. The molecular formula is C12H16O4. The Labute approximate surface area is 94.5 Å². The van der Waals surface area contributed by atoms with Gasteiger partial charge >= 0.3 is 5.97 Å². The predicted molar refractivity (Wildman–Crippen MR) is 59.0 cm³/mol. The fraction of sp³-hybridized carbons (Fsp3) is 0.417. The molecule has 4 nitrogen and oxygen atoms in total. The molecule has 0 heterocycles. The van der Waals surface area contributed by atoms with Gasteiger partial charge in [0.25, 0.3) is 0 Å². The van der Waals surface area contributed by atoms with E-state index in [9.17, 15) is 9.90 Å². The van der Waals surface area contributed by atoms with Gasteiger partial charge in [-0.2, -0.15) is 0 Å². The smallest absolute Gasteiger partial charge is 0.335 e. The number of hydrogen-bond donors (Lipinski definition) is 2. The topological polar surface area (TPSA) is 66.8 Å². The zero-order valence-electron chi connectivity index (χ0n) is 9.17. The Morgan fingerprint density at radius 2 is 2.00 bits per heavy atom. The van der Waals surface area contributed by atoms with Crippen LogP contribution in [0.25, 0.3) is 0 Å². The van der Waals surface area contributed by atoms with Gasteiger partial charge in [0.2, 0.25) is 0 Å². The molecule has 0 aliphatic heterocycles. The summed E-state index contributed by atoms with van der Waals surface area (Å²) in [5, 5.41) is 18.3. The van der Waals surface area contributed by atoms with Gasteiger partial charge in [-0.3, -0.25) is 0 Å². The van der Waals surface area contributed by atoms with Crippen LogP contribution < -0.4 is 0 Å². The molecular weight excluding hydrogens is 208 g/mol. The lowest BCUT2D eigenvalue weighted by atomic mass is 10.1. The lowest BCUT2D eigenvalue weighted by Gasteiger charge is -2.18. The zero-order chi connectivity index (χ0) is 12.0. The molecule has 88 valence electrons. The first-order valence-electron chi connectivity index (χ1n) is 5.21. The maximum atomic E-state index is 10.8. The molecule has 2 unspecified atom stereocenters. The molecule has 0 fully saturated rings. The molecule has 0 amide bonds. The van der Waals surface area contributed by atoms with Gasteiger partial charge in [0, 0.05) is 0 Å². The van der Waals surface area contributed by atoms with Gasteiger partial charge in [0.05, 0.1) is 12.7 Å². The SMILES string of the molecule is CCC(O)C(OCc1ccccc1)C(=O)O. The largest absolute Gasteiger partial charge is 0.479 e. The van der Waals surface area contributed by atoms with Gasteiger partial charge in [-0.15, -0.1) is 0 Å². The first kappa shape index (κ1) is 12.7. The zero-order valence-corrected chi connectivity index (χ0v) is 9.17. The van der Waals surface area contributed by atoms with Gasteiger partial charge in [0.15, 0.2) is 6.10 Å². The standard InChI is InChI=1S/C12H16O4/c1-2-10(13)11(12(14)15)16-8-9-6-4-3-5-7-9/h3-7,10-11,13H,2,8H2,1H3,(H,14,15). The monoisotopic (exact) mass is 224 g/mol. The highest BCUT2D eigenvalue weighted by atomic mass is 16.5. The van der Waals surface area contributed by atoms with Gasteiger partial charge in [-0.05, 0) is 12.0 Å². The molecule has 0 saturated heterocycles.